The van der Waals surface area contributed by atoms with Crippen molar-refractivity contribution in [3.05, 3.63) is 34.9 Å². The lowest BCUT2D eigenvalue weighted by Crippen LogP contribution is -2.40. The molecule has 1 aromatic rings. The Bertz CT molecular complexity index is 620. The van der Waals surface area contributed by atoms with E-state index in [1.165, 1.54) is 0 Å². The van der Waals surface area contributed by atoms with Crippen LogP contribution in [-0.2, 0) is 4.74 Å². The van der Waals surface area contributed by atoms with Crippen molar-refractivity contribution in [3.63, 3.8) is 0 Å². The zero-order valence-corrected chi connectivity index (χ0v) is 15.4. The largest absolute Gasteiger partial charge is 0.444 e. The average molecular weight is 332 g/mol. The molecule has 1 heterocycles. The number of benzene rings is 1. The quantitative estimate of drug-likeness (QED) is 0.792. The second-order valence-electron chi connectivity index (χ2n) is 7.36. The van der Waals surface area contributed by atoms with E-state index >= 15 is 0 Å². The summed E-state index contributed by atoms with van der Waals surface area (Å²) in [6.07, 6.45) is 0.457. The van der Waals surface area contributed by atoms with Crippen molar-refractivity contribution in [3.8, 4) is 0 Å². The normalized spacial score (nSPS) is 15.9. The lowest BCUT2D eigenvalue weighted by molar-refractivity contribution is 0.0255. The van der Waals surface area contributed by atoms with Crippen LogP contribution in [0.15, 0.2) is 18.2 Å². The first-order chi connectivity index (χ1) is 11.2. The number of hydrogen-bond donors (Lipinski definition) is 0. The topological polar surface area (TPSA) is 49.9 Å². The van der Waals surface area contributed by atoms with Crippen LogP contribution in [-0.4, -0.2) is 53.6 Å². The molecule has 2 rings (SSSR count). The van der Waals surface area contributed by atoms with Gasteiger partial charge in [0.05, 0.1) is 0 Å². The summed E-state index contributed by atoms with van der Waals surface area (Å²) in [7, 11) is 0. The highest BCUT2D eigenvalue weighted by Gasteiger charge is 2.26. The Kier molecular flexibility index (Phi) is 5.52. The van der Waals surface area contributed by atoms with Gasteiger partial charge >= 0.3 is 6.09 Å². The van der Waals surface area contributed by atoms with Gasteiger partial charge in [-0.25, -0.2) is 4.79 Å². The number of nitrogens with zero attached hydrogens (tertiary/aromatic N) is 2. The predicted octanol–water partition coefficient (Wildman–Crippen LogP) is 3.39. The summed E-state index contributed by atoms with van der Waals surface area (Å²) in [5, 5.41) is 0. The van der Waals surface area contributed by atoms with Gasteiger partial charge in [0.15, 0.2) is 0 Å². The molecule has 1 fully saturated rings. The third kappa shape index (κ3) is 4.49. The zero-order valence-electron chi connectivity index (χ0n) is 15.4. The maximum absolute atomic E-state index is 12.8. The molecule has 1 saturated heterocycles. The summed E-state index contributed by atoms with van der Waals surface area (Å²) >= 11 is 0. The number of ether oxygens (including phenoxy) is 1. The van der Waals surface area contributed by atoms with Gasteiger partial charge in [-0.2, -0.15) is 0 Å². The van der Waals surface area contributed by atoms with E-state index in [0.29, 0.717) is 26.2 Å². The highest BCUT2D eigenvalue weighted by atomic mass is 16.6. The Balaban J connectivity index is 2.04. The summed E-state index contributed by atoms with van der Waals surface area (Å²) < 4.78 is 5.43. The molecule has 0 aliphatic carbocycles. The molecule has 0 N–H and O–H groups in total. The number of amides is 2. The summed E-state index contributed by atoms with van der Waals surface area (Å²) in [6.45, 7) is 11.9. The minimum atomic E-state index is -0.502. The Morgan fingerprint density at radius 3 is 2.29 bits per heavy atom. The van der Waals surface area contributed by atoms with E-state index in [4.69, 9.17) is 4.74 Å². The van der Waals surface area contributed by atoms with E-state index in [2.05, 4.69) is 0 Å². The van der Waals surface area contributed by atoms with Crippen molar-refractivity contribution in [2.24, 2.45) is 0 Å². The van der Waals surface area contributed by atoms with Crippen LogP contribution in [0.1, 0.15) is 48.7 Å². The highest BCUT2D eigenvalue weighted by molar-refractivity contribution is 5.96. The van der Waals surface area contributed by atoms with E-state index in [9.17, 15) is 9.59 Å². The van der Waals surface area contributed by atoms with Crippen molar-refractivity contribution in [1.82, 2.24) is 9.80 Å². The molecular weight excluding hydrogens is 304 g/mol. The van der Waals surface area contributed by atoms with Gasteiger partial charge in [0.2, 0.25) is 0 Å². The Morgan fingerprint density at radius 2 is 1.62 bits per heavy atom. The molecule has 5 nitrogen and oxygen atoms in total. The molecule has 1 aliphatic rings. The summed E-state index contributed by atoms with van der Waals surface area (Å²) in [4.78, 5) is 28.6. The number of carbonyl (C=O) groups is 2. The molecule has 0 unspecified atom stereocenters. The second-order valence-corrected chi connectivity index (χ2v) is 7.36. The molecule has 0 bridgehead atoms. The van der Waals surface area contributed by atoms with Crippen LogP contribution in [0, 0.1) is 13.8 Å². The maximum Gasteiger partial charge on any atom is 0.410 e. The standard InChI is InChI=1S/C19H28N2O3/c1-14-8-6-9-16(15(14)2)17(22)20-10-7-11-21(13-12-20)18(23)24-19(3,4)5/h6,8-9H,7,10-13H2,1-5H3. The molecule has 2 amide bonds. The number of aryl methyl sites for hydroxylation is 1. The molecule has 5 heteroatoms. The third-order valence-corrected chi connectivity index (χ3v) is 4.27. The van der Waals surface area contributed by atoms with Gasteiger partial charge < -0.3 is 14.5 Å². The first kappa shape index (κ1) is 18.3. The molecule has 0 radical (unpaired) electrons. The lowest BCUT2D eigenvalue weighted by Gasteiger charge is -2.26. The third-order valence-electron chi connectivity index (χ3n) is 4.27. The van der Waals surface area contributed by atoms with Gasteiger partial charge in [0.25, 0.3) is 5.91 Å². The van der Waals surface area contributed by atoms with E-state index in [-0.39, 0.29) is 12.0 Å². The van der Waals surface area contributed by atoms with Gasteiger partial charge in [-0.3, -0.25) is 4.79 Å². The van der Waals surface area contributed by atoms with Gasteiger partial charge in [-0.05, 0) is 58.2 Å². The molecule has 1 aromatic carbocycles. The highest BCUT2D eigenvalue weighted by Crippen LogP contribution is 2.17. The maximum atomic E-state index is 12.8. The SMILES string of the molecule is Cc1cccc(C(=O)N2CCCN(C(=O)OC(C)(C)C)CC2)c1C. The van der Waals surface area contributed by atoms with E-state index in [1.807, 2.05) is 57.7 Å². The number of rotatable bonds is 1. The molecule has 1 aliphatic heterocycles. The van der Waals surface area contributed by atoms with Gasteiger partial charge in [0, 0.05) is 31.7 Å². The van der Waals surface area contributed by atoms with E-state index in [0.717, 1.165) is 23.1 Å². The Morgan fingerprint density at radius 1 is 1.00 bits per heavy atom. The van der Waals surface area contributed by atoms with Gasteiger partial charge in [0.1, 0.15) is 5.60 Å². The van der Waals surface area contributed by atoms with Gasteiger partial charge in [-0.1, -0.05) is 12.1 Å². The zero-order chi connectivity index (χ0) is 17.9. The van der Waals surface area contributed by atoms with Crippen LogP contribution in [0.2, 0.25) is 0 Å². The second kappa shape index (κ2) is 7.24. The Hall–Kier alpha value is -2.04. The van der Waals surface area contributed by atoms with Crippen LogP contribution in [0.25, 0.3) is 0 Å². The molecule has 0 saturated carbocycles. The molecule has 24 heavy (non-hydrogen) atoms. The fourth-order valence-corrected chi connectivity index (χ4v) is 2.78. The number of carbonyl (C=O) groups excluding carboxylic acids is 2. The fourth-order valence-electron chi connectivity index (χ4n) is 2.78. The van der Waals surface area contributed by atoms with Crippen LogP contribution in [0.5, 0.6) is 0 Å². The smallest absolute Gasteiger partial charge is 0.410 e. The lowest BCUT2D eigenvalue weighted by atomic mass is 10.0. The van der Waals surface area contributed by atoms with Crippen molar-refractivity contribution in [1.29, 1.82) is 0 Å². The fraction of sp³-hybridized carbons (Fsp3) is 0.579. The van der Waals surface area contributed by atoms with Crippen LogP contribution >= 0.6 is 0 Å². The van der Waals surface area contributed by atoms with E-state index in [1.54, 1.807) is 4.90 Å². The van der Waals surface area contributed by atoms with Crippen LogP contribution < -0.4 is 0 Å². The van der Waals surface area contributed by atoms with Gasteiger partial charge in [-0.15, -0.1) is 0 Å². The Labute approximate surface area is 144 Å². The summed E-state index contributed by atoms with van der Waals surface area (Å²) in [6, 6.07) is 5.81. The molecular formula is C19H28N2O3. The first-order valence-electron chi connectivity index (χ1n) is 8.52. The monoisotopic (exact) mass is 332 g/mol. The van der Waals surface area contributed by atoms with Crippen molar-refractivity contribution in [2.45, 2.75) is 46.6 Å². The minimum absolute atomic E-state index is 0.0437. The van der Waals surface area contributed by atoms with Crippen molar-refractivity contribution < 1.29 is 14.3 Å². The average Bonchev–Trinajstić information content (AvgIpc) is 2.73. The molecule has 0 atom stereocenters. The summed E-state index contributed by atoms with van der Waals surface area (Å²) in [5.74, 6) is 0.0437. The molecule has 132 valence electrons. The summed E-state index contributed by atoms with van der Waals surface area (Å²) in [5.41, 5.74) is 2.39. The molecule has 0 aromatic heterocycles. The first-order valence-corrected chi connectivity index (χ1v) is 8.52. The van der Waals surface area contributed by atoms with Crippen LogP contribution in [0.4, 0.5) is 4.79 Å². The van der Waals surface area contributed by atoms with Crippen LogP contribution in [0.3, 0.4) is 0 Å². The molecule has 0 spiro atoms. The van der Waals surface area contributed by atoms with E-state index < -0.39 is 5.60 Å². The van der Waals surface area contributed by atoms with Crippen molar-refractivity contribution >= 4 is 12.0 Å². The minimum Gasteiger partial charge on any atom is -0.444 e. The predicted molar refractivity (Wildman–Crippen MR) is 94.2 cm³/mol. The van der Waals surface area contributed by atoms with Crippen molar-refractivity contribution in [2.75, 3.05) is 26.2 Å². The number of hydrogen-bond acceptors (Lipinski definition) is 3.